The Balaban J connectivity index is 1.57. The molecule has 0 fully saturated rings. The fourth-order valence-corrected chi connectivity index (χ4v) is 6.19. The second-order valence-electron chi connectivity index (χ2n) is 10.8. The van der Waals surface area contributed by atoms with Crippen LogP contribution in [0.25, 0.3) is 6.08 Å². The summed E-state index contributed by atoms with van der Waals surface area (Å²) in [6.07, 6.45) is 1.65. The van der Waals surface area contributed by atoms with Crippen LogP contribution in [0.4, 0.5) is 11.4 Å². The normalized spacial score (nSPS) is 14.4. The number of carbonyl (C=O) groups excluding carboxylic acids is 1. The number of hydrogen-bond acceptors (Lipinski definition) is 11. The summed E-state index contributed by atoms with van der Waals surface area (Å²) in [5.74, 6) is -0.153. The Morgan fingerprint density at radius 1 is 1.02 bits per heavy atom. The third kappa shape index (κ3) is 6.53. The molecule has 1 aromatic heterocycles. The average Bonchev–Trinajstić information content (AvgIpc) is 3.34. The van der Waals surface area contributed by atoms with E-state index in [4.69, 9.17) is 14.2 Å². The smallest absolute Gasteiger partial charge is 0.338 e. The van der Waals surface area contributed by atoms with Crippen molar-refractivity contribution in [1.29, 1.82) is 0 Å². The molecule has 13 nitrogen and oxygen atoms in total. The van der Waals surface area contributed by atoms with E-state index < -0.39 is 33.2 Å². The SMILES string of the molecule is CCOC(=O)C1=C(C)N=c2s/c(=C\c3ccc(Oc4ccc([N+](=O)[O-])cc4[N+](=O)[O-])c(OC)c3)c(=O)n2[C@@H]1c1ccc(C(C)C)cc1. The lowest BCUT2D eigenvalue weighted by molar-refractivity contribution is -0.394. The van der Waals surface area contributed by atoms with Crippen LogP contribution in [0.1, 0.15) is 56.3 Å². The number of benzene rings is 3. The van der Waals surface area contributed by atoms with E-state index in [0.717, 1.165) is 40.7 Å². The molecule has 1 aliphatic rings. The van der Waals surface area contributed by atoms with Gasteiger partial charge in [-0.1, -0.05) is 55.5 Å². The molecule has 5 rings (SSSR count). The van der Waals surface area contributed by atoms with Gasteiger partial charge in [-0.2, -0.15) is 0 Å². The Morgan fingerprint density at radius 2 is 1.72 bits per heavy atom. The number of rotatable bonds is 10. The minimum absolute atomic E-state index is 0.114. The van der Waals surface area contributed by atoms with Gasteiger partial charge in [-0.3, -0.25) is 29.6 Å². The molecule has 0 saturated carbocycles. The van der Waals surface area contributed by atoms with Crippen LogP contribution in [0.3, 0.4) is 0 Å². The Kier molecular flexibility index (Phi) is 9.33. The largest absolute Gasteiger partial charge is 0.493 e. The predicted octanol–water partition coefficient (Wildman–Crippen LogP) is 5.54. The minimum Gasteiger partial charge on any atom is -0.493 e. The molecule has 0 amide bonds. The molecular formula is C33H30N4O9S. The topological polar surface area (TPSA) is 165 Å². The van der Waals surface area contributed by atoms with Gasteiger partial charge >= 0.3 is 11.7 Å². The molecule has 0 saturated heterocycles. The second-order valence-corrected chi connectivity index (χ2v) is 11.8. The summed E-state index contributed by atoms with van der Waals surface area (Å²) in [5.41, 5.74) is 1.75. The first-order chi connectivity index (χ1) is 22.4. The number of nitro groups is 2. The molecule has 0 unspecified atom stereocenters. The number of methoxy groups -OCH3 is 1. The van der Waals surface area contributed by atoms with Crippen LogP contribution in [0, 0.1) is 20.2 Å². The van der Waals surface area contributed by atoms with Crippen LogP contribution in [0.5, 0.6) is 17.2 Å². The van der Waals surface area contributed by atoms with E-state index in [9.17, 15) is 29.8 Å². The maximum Gasteiger partial charge on any atom is 0.338 e. The molecule has 47 heavy (non-hydrogen) atoms. The van der Waals surface area contributed by atoms with Gasteiger partial charge in [0.1, 0.15) is 0 Å². The summed E-state index contributed by atoms with van der Waals surface area (Å²) >= 11 is 1.16. The van der Waals surface area contributed by atoms with Crippen molar-refractivity contribution in [3.05, 3.63) is 129 Å². The molecule has 4 aromatic rings. The lowest BCUT2D eigenvalue weighted by Crippen LogP contribution is -2.39. The lowest BCUT2D eigenvalue weighted by Gasteiger charge is -2.25. The average molecular weight is 659 g/mol. The lowest BCUT2D eigenvalue weighted by atomic mass is 9.93. The Hall–Kier alpha value is -5.63. The number of allylic oxidation sites excluding steroid dienone is 1. The highest BCUT2D eigenvalue weighted by atomic mass is 32.1. The number of esters is 1. The van der Waals surface area contributed by atoms with Crippen molar-refractivity contribution in [1.82, 2.24) is 4.57 Å². The Bertz CT molecular complexity index is 2110. The third-order valence-electron chi connectivity index (χ3n) is 7.49. The molecule has 1 aliphatic heterocycles. The zero-order chi connectivity index (χ0) is 34.0. The van der Waals surface area contributed by atoms with E-state index in [-0.39, 0.29) is 35.0 Å². The number of ether oxygens (including phenoxy) is 3. The summed E-state index contributed by atoms with van der Waals surface area (Å²) in [6.45, 7) is 7.77. The molecule has 0 bridgehead atoms. The van der Waals surface area contributed by atoms with E-state index in [1.54, 1.807) is 32.1 Å². The molecule has 0 radical (unpaired) electrons. The number of carbonyl (C=O) groups is 1. The Morgan fingerprint density at radius 3 is 2.34 bits per heavy atom. The molecule has 242 valence electrons. The highest BCUT2D eigenvalue weighted by Crippen LogP contribution is 2.38. The minimum atomic E-state index is -0.774. The maximum atomic E-state index is 14.0. The first-order valence-corrected chi connectivity index (χ1v) is 15.3. The van der Waals surface area contributed by atoms with Gasteiger partial charge in [0.15, 0.2) is 16.3 Å². The highest BCUT2D eigenvalue weighted by molar-refractivity contribution is 7.07. The molecule has 3 aromatic carbocycles. The molecule has 0 N–H and O–H groups in total. The standard InChI is InChI=1S/C33H30N4O9S/c1-6-45-32(39)29-19(4)34-33-35(30(29)22-10-8-21(9-11-22)18(2)3)31(38)28(47-33)16-20-7-13-26(27(15-20)44-5)46-25-14-12-23(36(40)41)17-24(25)37(42)43/h7-18,30H,6H2,1-5H3/b28-16-/t30-/m1/s1. The van der Waals surface area contributed by atoms with Crippen LogP contribution in [0.2, 0.25) is 0 Å². The van der Waals surface area contributed by atoms with Gasteiger partial charge in [0.25, 0.3) is 11.2 Å². The fourth-order valence-electron chi connectivity index (χ4n) is 5.15. The summed E-state index contributed by atoms with van der Waals surface area (Å²) in [6, 6.07) is 14.8. The molecule has 1 atom stereocenters. The molecule has 0 aliphatic carbocycles. The number of thiazole rings is 1. The van der Waals surface area contributed by atoms with Gasteiger partial charge in [-0.05, 0) is 60.7 Å². The predicted molar refractivity (Wildman–Crippen MR) is 174 cm³/mol. The van der Waals surface area contributed by atoms with Gasteiger partial charge < -0.3 is 14.2 Å². The van der Waals surface area contributed by atoms with Crippen LogP contribution < -0.4 is 24.4 Å². The van der Waals surface area contributed by atoms with Crippen molar-refractivity contribution in [3.63, 3.8) is 0 Å². The van der Waals surface area contributed by atoms with Gasteiger partial charge in [0.2, 0.25) is 5.75 Å². The number of hydrogen-bond donors (Lipinski definition) is 0. The first kappa shape index (κ1) is 32.8. The molecular weight excluding hydrogens is 628 g/mol. The van der Waals surface area contributed by atoms with E-state index in [1.165, 1.54) is 17.7 Å². The summed E-state index contributed by atoms with van der Waals surface area (Å²) in [7, 11) is 1.38. The van der Waals surface area contributed by atoms with Crippen LogP contribution >= 0.6 is 11.3 Å². The third-order valence-corrected chi connectivity index (χ3v) is 8.47. The van der Waals surface area contributed by atoms with E-state index in [0.29, 0.717) is 26.5 Å². The molecule has 2 heterocycles. The summed E-state index contributed by atoms with van der Waals surface area (Å²) < 4.78 is 18.4. The Labute approximate surface area is 272 Å². The number of nitro benzene ring substituents is 2. The van der Waals surface area contributed by atoms with Crippen molar-refractivity contribution >= 4 is 34.8 Å². The zero-order valence-electron chi connectivity index (χ0n) is 26.1. The summed E-state index contributed by atoms with van der Waals surface area (Å²) in [5, 5.41) is 22.7. The quantitative estimate of drug-likeness (QED) is 0.121. The van der Waals surface area contributed by atoms with Gasteiger partial charge in [0, 0.05) is 6.07 Å². The van der Waals surface area contributed by atoms with Crippen LogP contribution in [-0.4, -0.2) is 34.1 Å². The molecule has 14 heteroatoms. The van der Waals surface area contributed by atoms with Gasteiger partial charge in [0.05, 0.1) is 51.5 Å². The van der Waals surface area contributed by atoms with E-state index in [1.807, 2.05) is 24.3 Å². The number of aromatic nitrogens is 1. The monoisotopic (exact) mass is 658 g/mol. The number of fused-ring (bicyclic) bond motifs is 1. The van der Waals surface area contributed by atoms with Crippen LogP contribution in [0.15, 0.2) is 81.7 Å². The van der Waals surface area contributed by atoms with Crippen molar-refractivity contribution in [2.24, 2.45) is 4.99 Å². The summed E-state index contributed by atoms with van der Waals surface area (Å²) in [4.78, 5) is 53.4. The van der Waals surface area contributed by atoms with Crippen molar-refractivity contribution in [2.45, 2.75) is 39.7 Å². The van der Waals surface area contributed by atoms with Crippen molar-refractivity contribution < 1.29 is 28.9 Å². The first-order valence-electron chi connectivity index (χ1n) is 14.5. The van der Waals surface area contributed by atoms with Gasteiger partial charge in [-0.15, -0.1) is 0 Å². The molecule has 0 spiro atoms. The fraction of sp³-hybridized carbons (Fsp3) is 0.242. The van der Waals surface area contributed by atoms with Gasteiger partial charge in [-0.25, -0.2) is 9.79 Å². The number of nitrogens with zero attached hydrogens (tertiary/aromatic N) is 4. The number of non-ortho nitro benzene ring substituents is 1. The van der Waals surface area contributed by atoms with Crippen molar-refractivity contribution in [2.75, 3.05) is 13.7 Å². The van der Waals surface area contributed by atoms with E-state index in [2.05, 4.69) is 18.8 Å². The zero-order valence-corrected chi connectivity index (χ0v) is 26.9. The van der Waals surface area contributed by atoms with E-state index >= 15 is 0 Å². The van der Waals surface area contributed by atoms with Crippen molar-refractivity contribution in [3.8, 4) is 17.2 Å². The highest BCUT2D eigenvalue weighted by Gasteiger charge is 2.33. The maximum absolute atomic E-state index is 14.0. The van der Waals surface area contributed by atoms with Crippen LogP contribution in [-0.2, 0) is 9.53 Å². The second kappa shape index (κ2) is 13.4.